The molecule has 0 heterocycles. The molecular formula is C14H15ClN2O2S. The lowest BCUT2D eigenvalue weighted by atomic mass is 10.1. The molecule has 2 aromatic rings. The fourth-order valence-electron chi connectivity index (χ4n) is 1.84. The van der Waals surface area contributed by atoms with Crippen LogP contribution in [0.5, 0.6) is 0 Å². The Balaban J connectivity index is 2.15. The zero-order chi connectivity index (χ0) is 14.8. The molecule has 0 unspecified atom stereocenters. The van der Waals surface area contributed by atoms with Gasteiger partial charge < -0.3 is 5.32 Å². The van der Waals surface area contributed by atoms with Gasteiger partial charge in [-0.25, -0.2) is 13.6 Å². The van der Waals surface area contributed by atoms with Gasteiger partial charge in [0.25, 0.3) is 0 Å². The van der Waals surface area contributed by atoms with Crippen LogP contribution in [-0.4, -0.2) is 8.42 Å². The molecule has 0 saturated carbocycles. The van der Waals surface area contributed by atoms with Crippen molar-refractivity contribution in [2.45, 2.75) is 18.4 Å². The molecule has 0 aromatic heterocycles. The molecule has 4 nitrogen and oxygen atoms in total. The highest BCUT2D eigenvalue weighted by Gasteiger charge is 2.08. The van der Waals surface area contributed by atoms with Crippen LogP contribution in [0.1, 0.15) is 11.1 Å². The molecule has 0 aliphatic rings. The zero-order valence-corrected chi connectivity index (χ0v) is 12.5. The van der Waals surface area contributed by atoms with Crippen LogP contribution in [0.2, 0.25) is 5.02 Å². The zero-order valence-electron chi connectivity index (χ0n) is 10.9. The lowest BCUT2D eigenvalue weighted by Gasteiger charge is -2.10. The molecule has 2 aromatic carbocycles. The van der Waals surface area contributed by atoms with Crippen molar-refractivity contribution in [3.8, 4) is 0 Å². The Morgan fingerprint density at radius 3 is 2.60 bits per heavy atom. The molecule has 3 N–H and O–H groups in total. The Labute approximate surface area is 123 Å². The standard InChI is InChI=1S/C14H15ClN2O2S/c1-10-7-12(15)6-5-11(10)9-17-13-3-2-4-14(8-13)20(16,18)19/h2-8,17H,9H2,1H3,(H2,16,18,19). The van der Waals surface area contributed by atoms with E-state index in [-0.39, 0.29) is 4.90 Å². The van der Waals surface area contributed by atoms with Gasteiger partial charge in [0.1, 0.15) is 0 Å². The first kappa shape index (κ1) is 14.8. The highest BCUT2D eigenvalue weighted by Crippen LogP contribution is 2.18. The number of primary sulfonamides is 1. The summed E-state index contributed by atoms with van der Waals surface area (Å²) in [5.41, 5.74) is 2.87. The summed E-state index contributed by atoms with van der Waals surface area (Å²) in [5.74, 6) is 0. The Morgan fingerprint density at radius 1 is 1.20 bits per heavy atom. The van der Waals surface area contributed by atoms with E-state index in [1.807, 2.05) is 25.1 Å². The predicted molar refractivity (Wildman–Crippen MR) is 81.3 cm³/mol. The smallest absolute Gasteiger partial charge is 0.238 e. The second-order valence-corrected chi connectivity index (χ2v) is 6.50. The van der Waals surface area contributed by atoms with Crippen LogP contribution in [0.3, 0.4) is 0 Å². The average Bonchev–Trinajstić information content (AvgIpc) is 2.37. The Bertz CT molecular complexity index is 730. The highest BCUT2D eigenvalue weighted by atomic mass is 35.5. The van der Waals surface area contributed by atoms with Gasteiger partial charge >= 0.3 is 0 Å². The molecule has 0 bridgehead atoms. The molecule has 20 heavy (non-hydrogen) atoms. The molecule has 0 atom stereocenters. The number of benzene rings is 2. The lowest BCUT2D eigenvalue weighted by Crippen LogP contribution is -2.12. The second-order valence-electron chi connectivity index (χ2n) is 4.50. The summed E-state index contributed by atoms with van der Waals surface area (Å²) in [6.45, 7) is 2.56. The molecule has 0 radical (unpaired) electrons. The van der Waals surface area contributed by atoms with Gasteiger partial charge in [-0.05, 0) is 48.4 Å². The minimum absolute atomic E-state index is 0.0929. The van der Waals surface area contributed by atoms with E-state index in [2.05, 4.69) is 5.32 Å². The maximum atomic E-state index is 11.3. The summed E-state index contributed by atoms with van der Waals surface area (Å²) in [7, 11) is -3.68. The van der Waals surface area contributed by atoms with Gasteiger partial charge in [-0.3, -0.25) is 0 Å². The molecule has 0 aliphatic carbocycles. The molecule has 106 valence electrons. The summed E-state index contributed by atoms with van der Waals surface area (Å²) >= 11 is 5.90. The summed E-state index contributed by atoms with van der Waals surface area (Å²) in [6.07, 6.45) is 0. The van der Waals surface area contributed by atoms with Crippen molar-refractivity contribution in [3.05, 3.63) is 58.6 Å². The van der Waals surface area contributed by atoms with Crippen molar-refractivity contribution in [3.63, 3.8) is 0 Å². The highest BCUT2D eigenvalue weighted by molar-refractivity contribution is 7.89. The van der Waals surface area contributed by atoms with E-state index in [0.29, 0.717) is 17.3 Å². The largest absolute Gasteiger partial charge is 0.381 e. The Morgan fingerprint density at radius 2 is 1.95 bits per heavy atom. The van der Waals surface area contributed by atoms with Crippen LogP contribution in [0.25, 0.3) is 0 Å². The summed E-state index contributed by atoms with van der Waals surface area (Å²) in [6, 6.07) is 12.1. The summed E-state index contributed by atoms with van der Waals surface area (Å²) in [4.78, 5) is 0.0929. The molecule has 2 rings (SSSR count). The molecule has 0 amide bonds. The van der Waals surface area contributed by atoms with Gasteiger partial charge in [0.05, 0.1) is 4.90 Å². The minimum atomic E-state index is -3.68. The number of anilines is 1. The lowest BCUT2D eigenvalue weighted by molar-refractivity contribution is 0.598. The van der Waals surface area contributed by atoms with E-state index in [9.17, 15) is 8.42 Å². The monoisotopic (exact) mass is 310 g/mol. The van der Waals surface area contributed by atoms with E-state index < -0.39 is 10.0 Å². The SMILES string of the molecule is Cc1cc(Cl)ccc1CNc1cccc(S(N)(=O)=O)c1. The van der Waals surface area contributed by atoms with E-state index in [1.165, 1.54) is 12.1 Å². The number of nitrogens with one attached hydrogen (secondary N) is 1. The van der Waals surface area contributed by atoms with Crippen LogP contribution >= 0.6 is 11.6 Å². The molecule has 6 heteroatoms. The van der Waals surface area contributed by atoms with E-state index in [1.54, 1.807) is 12.1 Å². The fourth-order valence-corrected chi connectivity index (χ4v) is 2.62. The maximum Gasteiger partial charge on any atom is 0.238 e. The quantitative estimate of drug-likeness (QED) is 0.912. The normalized spacial score (nSPS) is 11.3. The third kappa shape index (κ3) is 3.72. The van der Waals surface area contributed by atoms with Crippen LogP contribution in [0.4, 0.5) is 5.69 Å². The van der Waals surface area contributed by atoms with Crippen molar-refractivity contribution in [1.29, 1.82) is 0 Å². The van der Waals surface area contributed by atoms with E-state index >= 15 is 0 Å². The van der Waals surface area contributed by atoms with Gasteiger partial charge in [0, 0.05) is 17.3 Å². The van der Waals surface area contributed by atoms with E-state index in [0.717, 1.165) is 11.1 Å². The van der Waals surface area contributed by atoms with Crippen molar-refractivity contribution < 1.29 is 8.42 Å². The van der Waals surface area contributed by atoms with E-state index in [4.69, 9.17) is 16.7 Å². The average molecular weight is 311 g/mol. The third-order valence-corrected chi connectivity index (χ3v) is 4.10. The third-order valence-electron chi connectivity index (χ3n) is 2.95. The van der Waals surface area contributed by atoms with Gasteiger partial charge in [-0.15, -0.1) is 0 Å². The van der Waals surface area contributed by atoms with Gasteiger partial charge in [-0.2, -0.15) is 0 Å². The fraction of sp³-hybridized carbons (Fsp3) is 0.143. The van der Waals surface area contributed by atoms with Crippen molar-refractivity contribution >= 4 is 27.3 Å². The maximum absolute atomic E-state index is 11.3. The number of nitrogens with two attached hydrogens (primary N) is 1. The number of sulfonamides is 1. The summed E-state index contributed by atoms with van der Waals surface area (Å²) in [5, 5.41) is 8.97. The first-order valence-electron chi connectivity index (χ1n) is 5.98. The van der Waals surface area contributed by atoms with Crippen molar-refractivity contribution in [1.82, 2.24) is 0 Å². The Hall–Kier alpha value is -1.56. The van der Waals surface area contributed by atoms with Gasteiger partial charge in [-0.1, -0.05) is 23.7 Å². The second kappa shape index (κ2) is 5.83. The topological polar surface area (TPSA) is 72.2 Å². The van der Waals surface area contributed by atoms with Gasteiger partial charge in [0.2, 0.25) is 10.0 Å². The van der Waals surface area contributed by atoms with Gasteiger partial charge in [0.15, 0.2) is 0 Å². The number of hydrogen-bond donors (Lipinski definition) is 2. The van der Waals surface area contributed by atoms with Crippen LogP contribution in [0.15, 0.2) is 47.4 Å². The molecular weight excluding hydrogens is 296 g/mol. The molecule has 0 spiro atoms. The van der Waals surface area contributed by atoms with Crippen LogP contribution < -0.4 is 10.5 Å². The minimum Gasteiger partial charge on any atom is -0.381 e. The molecule has 0 saturated heterocycles. The number of halogens is 1. The number of rotatable bonds is 4. The van der Waals surface area contributed by atoms with Crippen LogP contribution in [-0.2, 0) is 16.6 Å². The van der Waals surface area contributed by atoms with Crippen molar-refractivity contribution in [2.75, 3.05) is 5.32 Å². The first-order chi connectivity index (χ1) is 9.36. The molecule has 0 fully saturated rings. The Kier molecular flexibility index (Phi) is 4.32. The first-order valence-corrected chi connectivity index (χ1v) is 7.90. The number of aryl methyl sites for hydroxylation is 1. The summed E-state index contributed by atoms with van der Waals surface area (Å²) < 4.78 is 22.6. The predicted octanol–water partition coefficient (Wildman–Crippen LogP) is 2.91. The number of hydrogen-bond acceptors (Lipinski definition) is 3. The van der Waals surface area contributed by atoms with Crippen LogP contribution in [0, 0.1) is 6.92 Å². The molecule has 0 aliphatic heterocycles. The van der Waals surface area contributed by atoms with Crippen molar-refractivity contribution in [2.24, 2.45) is 5.14 Å².